The summed E-state index contributed by atoms with van der Waals surface area (Å²) < 4.78 is 23.4. The van der Waals surface area contributed by atoms with Gasteiger partial charge in [-0.3, -0.25) is 0 Å². The van der Waals surface area contributed by atoms with Crippen LogP contribution in [-0.4, -0.2) is 17.8 Å². The molecule has 4 nitrogen and oxygen atoms in total. The average Bonchev–Trinajstić information content (AvgIpc) is 2.89. The zero-order valence-corrected chi connectivity index (χ0v) is 10.6. The fraction of sp³-hybridized carbons (Fsp3) is 0.250. The molecule has 18 heavy (non-hydrogen) atoms. The smallest absolute Gasteiger partial charge is 0.255 e. The van der Waals surface area contributed by atoms with Gasteiger partial charge in [0.1, 0.15) is 6.26 Å². The summed E-state index contributed by atoms with van der Waals surface area (Å²) >= 11 is 1.39. The molecule has 0 fully saturated rings. The molecule has 0 amide bonds. The van der Waals surface area contributed by atoms with E-state index in [2.05, 4.69) is 4.98 Å². The highest BCUT2D eigenvalue weighted by molar-refractivity contribution is 7.99. The van der Waals surface area contributed by atoms with Crippen molar-refractivity contribution in [2.75, 3.05) is 12.9 Å². The lowest BCUT2D eigenvalue weighted by Crippen LogP contribution is -2.13. The molecule has 0 saturated carbocycles. The van der Waals surface area contributed by atoms with Crippen LogP contribution in [0.3, 0.4) is 0 Å². The van der Waals surface area contributed by atoms with Crippen LogP contribution in [0.1, 0.15) is 11.6 Å². The number of hydrogen-bond acceptors (Lipinski definition) is 5. The van der Waals surface area contributed by atoms with Crippen molar-refractivity contribution in [1.82, 2.24) is 4.98 Å². The van der Waals surface area contributed by atoms with Gasteiger partial charge in [-0.1, -0.05) is 17.8 Å². The first kappa shape index (κ1) is 12.9. The van der Waals surface area contributed by atoms with Gasteiger partial charge in [0.15, 0.2) is 11.6 Å². The first-order valence-corrected chi connectivity index (χ1v) is 6.30. The molecule has 1 aromatic heterocycles. The minimum Gasteiger partial charge on any atom is -0.494 e. The van der Waals surface area contributed by atoms with Crippen molar-refractivity contribution in [2.24, 2.45) is 5.73 Å². The van der Waals surface area contributed by atoms with Crippen LogP contribution in [0.5, 0.6) is 5.75 Å². The van der Waals surface area contributed by atoms with Crippen LogP contribution in [0.25, 0.3) is 0 Å². The molecule has 2 aromatic rings. The molecule has 2 N–H and O–H groups in total. The van der Waals surface area contributed by atoms with Crippen LogP contribution >= 0.6 is 11.8 Å². The highest BCUT2D eigenvalue weighted by Gasteiger charge is 2.11. The van der Waals surface area contributed by atoms with Crippen molar-refractivity contribution in [3.05, 3.63) is 42.0 Å². The van der Waals surface area contributed by atoms with E-state index in [9.17, 15) is 4.39 Å². The van der Waals surface area contributed by atoms with Gasteiger partial charge in [-0.25, -0.2) is 9.37 Å². The third-order valence-corrected chi connectivity index (χ3v) is 3.37. The maximum Gasteiger partial charge on any atom is 0.255 e. The average molecular weight is 268 g/mol. The largest absolute Gasteiger partial charge is 0.494 e. The predicted molar refractivity (Wildman–Crippen MR) is 67.1 cm³/mol. The molecule has 0 radical (unpaired) electrons. The fourth-order valence-corrected chi connectivity index (χ4v) is 2.23. The minimum absolute atomic E-state index is 0.214. The summed E-state index contributed by atoms with van der Waals surface area (Å²) in [7, 11) is 1.43. The zero-order chi connectivity index (χ0) is 13.0. The van der Waals surface area contributed by atoms with Crippen molar-refractivity contribution >= 4 is 11.8 Å². The lowest BCUT2D eigenvalue weighted by atomic mass is 10.1. The van der Waals surface area contributed by atoms with Crippen LogP contribution in [0.2, 0.25) is 0 Å². The normalized spacial score (nSPS) is 12.4. The molecule has 0 aliphatic carbocycles. The monoisotopic (exact) mass is 268 g/mol. The SMILES string of the molecule is COc1ccc(C(N)CSc2ncco2)cc1F. The van der Waals surface area contributed by atoms with Crippen LogP contribution < -0.4 is 10.5 Å². The number of aromatic nitrogens is 1. The Hall–Kier alpha value is -1.53. The van der Waals surface area contributed by atoms with Gasteiger partial charge in [-0.15, -0.1) is 0 Å². The maximum absolute atomic E-state index is 13.5. The van der Waals surface area contributed by atoms with Gasteiger partial charge in [0.05, 0.1) is 13.3 Å². The Balaban J connectivity index is 2.00. The number of rotatable bonds is 5. The van der Waals surface area contributed by atoms with E-state index in [0.29, 0.717) is 16.5 Å². The van der Waals surface area contributed by atoms with Crippen LogP contribution in [-0.2, 0) is 0 Å². The summed E-state index contributed by atoms with van der Waals surface area (Å²) in [6, 6.07) is 4.42. The highest BCUT2D eigenvalue weighted by Crippen LogP contribution is 2.25. The number of oxazole rings is 1. The molecular weight excluding hydrogens is 255 g/mol. The number of benzene rings is 1. The van der Waals surface area contributed by atoms with Crippen molar-refractivity contribution in [2.45, 2.75) is 11.3 Å². The van der Waals surface area contributed by atoms with Gasteiger partial charge in [-0.05, 0) is 17.7 Å². The molecular formula is C12H13FN2O2S. The second-order valence-electron chi connectivity index (χ2n) is 3.61. The van der Waals surface area contributed by atoms with Crippen LogP contribution in [0, 0.1) is 5.82 Å². The molecule has 1 atom stereocenters. The molecule has 0 aliphatic heterocycles. The maximum atomic E-state index is 13.5. The van der Waals surface area contributed by atoms with E-state index < -0.39 is 5.82 Å². The quantitative estimate of drug-likeness (QED) is 0.845. The summed E-state index contributed by atoms with van der Waals surface area (Å²) in [6.45, 7) is 0. The number of methoxy groups -OCH3 is 1. The molecule has 2 rings (SSSR count). The van der Waals surface area contributed by atoms with E-state index in [0.717, 1.165) is 0 Å². The van der Waals surface area contributed by atoms with Crippen molar-refractivity contribution in [3.63, 3.8) is 0 Å². The standard InChI is InChI=1S/C12H13FN2O2S/c1-16-11-3-2-8(6-9(11)13)10(14)7-18-12-15-4-5-17-12/h2-6,10H,7,14H2,1H3. The van der Waals surface area contributed by atoms with E-state index in [1.54, 1.807) is 18.3 Å². The van der Waals surface area contributed by atoms with Gasteiger partial charge < -0.3 is 14.9 Å². The first-order chi connectivity index (χ1) is 8.70. The molecule has 1 heterocycles. The molecule has 0 aliphatic rings. The molecule has 1 unspecified atom stereocenters. The second kappa shape index (κ2) is 5.88. The van der Waals surface area contributed by atoms with E-state index in [1.165, 1.54) is 31.2 Å². The summed E-state index contributed by atoms with van der Waals surface area (Å²) in [5.74, 6) is 0.365. The summed E-state index contributed by atoms with van der Waals surface area (Å²) in [5.41, 5.74) is 6.69. The van der Waals surface area contributed by atoms with Crippen molar-refractivity contribution < 1.29 is 13.5 Å². The molecule has 0 saturated heterocycles. The zero-order valence-electron chi connectivity index (χ0n) is 9.80. The summed E-state index contributed by atoms with van der Waals surface area (Å²) in [5, 5.41) is 0.555. The second-order valence-corrected chi connectivity index (χ2v) is 4.58. The Morgan fingerprint density at radius 3 is 3.00 bits per heavy atom. The Labute approximate surface area is 108 Å². The van der Waals surface area contributed by atoms with Gasteiger partial charge in [0.2, 0.25) is 0 Å². The predicted octanol–water partition coefficient (Wildman–Crippen LogP) is 2.61. The number of thioether (sulfide) groups is 1. The molecule has 96 valence electrons. The van der Waals surface area contributed by atoms with Crippen molar-refractivity contribution in [3.8, 4) is 5.75 Å². The Morgan fingerprint density at radius 1 is 1.56 bits per heavy atom. The summed E-state index contributed by atoms with van der Waals surface area (Å²) in [4.78, 5) is 3.97. The number of hydrogen-bond donors (Lipinski definition) is 1. The molecule has 0 bridgehead atoms. The first-order valence-electron chi connectivity index (χ1n) is 5.32. The third-order valence-electron chi connectivity index (χ3n) is 2.40. The topological polar surface area (TPSA) is 61.3 Å². The molecule has 1 aromatic carbocycles. The third kappa shape index (κ3) is 3.02. The van der Waals surface area contributed by atoms with Gasteiger partial charge in [0.25, 0.3) is 5.22 Å². The fourth-order valence-electron chi connectivity index (χ4n) is 1.45. The lowest BCUT2D eigenvalue weighted by Gasteiger charge is -2.11. The Morgan fingerprint density at radius 2 is 2.39 bits per heavy atom. The minimum atomic E-state index is -0.411. The molecule has 6 heteroatoms. The number of ether oxygens (including phenoxy) is 1. The number of halogens is 1. The number of nitrogens with zero attached hydrogens (tertiary/aromatic N) is 1. The summed E-state index contributed by atoms with van der Waals surface area (Å²) in [6.07, 6.45) is 3.07. The van der Waals surface area contributed by atoms with E-state index in [1.807, 2.05) is 0 Å². The Kier molecular flexibility index (Phi) is 4.22. The van der Waals surface area contributed by atoms with E-state index in [-0.39, 0.29) is 11.8 Å². The highest BCUT2D eigenvalue weighted by atomic mass is 32.2. The van der Waals surface area contributed by atoms with E-state index in [4.69, 9.17) is 14.9 Å². The number of nitrogens with two attached hydrogens (primary N) is 1. The van der Waals surface area contributed by atoms with Crippen molar-refractivity contribution in [1.29, 1.82) is 0 Å². The van der Waals surface area contributed by atoms with E-state index >= 15 is 0 Å². The molecule has 0 spiro atoms. The van der Waals surface area contributed by atoms with Gasteiger partial charge in [0, 0.05) is 11.8 Å². The van der Waals surface area contributed by atoms with Crippen LogP contribution in [0.4, 0.5) is 4.39 Å². The van der Waals surface area contributed by atoms with Gasteiger partial charge >= 0.3 is 0 Å². The van der Waals surface area contributed by atoms with Crippen LogP contribution in [0.15, 0.2) is 40.3 Å². The van der Waals surface area contributed by atoms with Gasteiger partial charge in [-0.2, -0.15) is 0 Å². The lowest BCUT2D eigenvalue weighted by molar-refractivity contribution is 0.386. The Bertz CT molecular complexity index is 505.